The Labute approximate surface area is 175 Å². The van der Waals surface area contributed by atoms with E-state index in [-0.39, 0.29) is 36.8 Å². The van der Waals surface area contributed by atoms with Crippen LogP contribution < -0.4 is 11.1 Å². The smallest absolute Gasteiger partial charge is 0.220 e. The molecule has 0 fully saturated rings. The van der Waals surface area contributed by atoms with E-state index in [9.17, 15) is 4.79 Å². The number of aromatic nitrogens is 1. The van der Waals surface area contributed by atoms with Gasteiger partial charge in [0.1, 0.15) is 0 Å². The number of oxazole rings is 1. The summed E-state index contributed by atoms with van der Waals surface area (Å²) >= 11 is 3.50. The van der Waals surface area contributed by atoms with Gasteiger partial charge in [-0.05, 0) is 18.4 Å². The van der Waals surface area contributed by atoms with E-state index in [2.05, 4.69) is 40.1 Å². The van der Waals surface area contributed by atoms with Gasteiger partial charge in [-0.3, -0.25) is 4.79 Å². The van der Waals surface area contributed by atoms with Crippen molar-refractivity contribution >= 4 is 46.7 Å². The van der Waals surface area contributed by atoms with Gasteiger partial charge in [0.25, 0.3) is 0 Å². The van der Waals surface area contributed by atoms with Crippen LogP contribution in [0.4, 0.5) is 0 Å². The number of carbonyl (C=O) groups is 1. The first-order valence-electron chi connectivity index (χ1n) is 8.18. The number of hydrogen-bond donors (Lipinski definition) is 2. The number of rotatable bonds is 8. The third kappa shape index (κ3) is 7.66. The third-order valence-corrected chi connectivity index (χ3v) is 4.36. The highest BCUT2D eigenvalue weighted by atomic mass is 79.9. The zero-order chi connectivity index (χ0) is 17.5. The van der Waals surface area contributed by atoms with Crippen LogP contribution in [0.3, 0.4) is 0 Å². The first-order chi connectivity index (χ1) is 11.5. The number of benzene rings is 1. The van der Waals surface area contributed by atoms with Gasteiger partial charge in [-0.15, -0.1) is 24.8 Å². The second-order valence-electron chi connectivity index (χ2n) is 6.23. The second kappa shape index (κ2) is 12.3. The quantitative estimate of drug-likeness (QED) is 0.605. The van der Waals surface area contributed by atoms with Crippen molar-refractivity contribution in [1.29, 1.82) is 0 Å². The predicted octanol–water partition coefficient (Wildman–Crippen LogP) is 4.37. The summed E-state index contributed by atoms with van der Waals surface area (Å²) < 4.78 is 6.70. The molecule has 5 nitrogen and oxygen atoms in total. The van der Waals surface area contributed by atoms with Crippen molar-refractivity contribution < 1.29 is 9.21 Å². The molecule has 0 bridgehead atoms. The van der Waals surface area contributed by atoms with Crippen LogP contribution in [-0.4, -0.2) is 23.5 Å². The number of nitrogens with one attached hydrogen (secondary N) is 1. The molecule has 0 aliphatic heterocycles. The Kier molecular flexibility index (Phi) is 11.8. The summed E-state index contributed by atoms with van der Waals surface area (Å²) in [5.74, 6) is 1.73. The fourth-order valence-electron chi connectivity index (χ4n) is 2.51. The number of hydrogen-bond acceptors (Lipinski definition) is 4. The minimum atomic E-state index is -0.0215. The van der Waals surface area contributed by atoms with Gasteiger partial charge in [0.2, 0.25) is 5.91 Å². The first-order valence-corrected chi connectivity index (χ1v) is 8.98. The van der Waals surface area contributed by atoms with Crippen molar-refractivity contribution in [1.82, 2.24) is 10.3 Å². The van der Waals surface area contributed by atoms with Crippen LogP contribution in [0.2, 0.25) is 0 Å². The molecule has 1 aromatic heterocycles. The highest BCUT2D eigenvalue weighted by molar-refractivity contribution is 9.10. The van der Waals surface area contributed by atoms with E-state index in [0.717, 1.165) is 16.5 Å². The summed E-state index contributed by atoms with van der Waals surface area (Å²) in [7, 11) is 0. The van der Waals surface area contributed by atoms with Crippen LogP contribution in [0.1, 0.15) is 32.6 Å². The zero-order valence-electron chi connectivity index (χ0n) is 14.9. The Bertz CT molecular complexity index is 680. The third-order valence-electron chi connectivity index (χ3n) is 3.66. The molecule has 0 aliphatic rings. The first kappa shape index (κ1) is 24.9. The lowest BCUT2D eigenvalue weighted by atomic mass is 10.0. The SMILES string of the molecule is CC(C)CC(CN)NC(=O)CCc1ncc(-c2ccccc2Br)o1.Cl.Cl. The Hall–Kier alpha value is -1.08. The Morgan fingerprint density at radius 2 is 2.00 bits per heavy atom. The van der Waals surface area contributed by atoms with E-state index in [1.165, 1.54) is 0 Å². The number of carbonyl (C=O) groups excluding carboxylic acids is 1. The number of halogens is 3. The van der Waals surface area contributed by atoms with Gasteiger partial charge in [0, 0.05) is 35.5 Å². The van der Waals surface area contributed by atoms with Gasteiger partial charge in [-0.2, -0.15) is 0 Å². The summed E-state index contributed by atoms with van der Waals surface area (Å²) in [6.45, 7) is 4.69. The lowest BCUT2D eigenvalue weighted by Gasteiger charge is -2.18. The largest absolute Gasteiger partial charge is 0.441 e. The normalized spacial score (nSPS) is 11.4. The molecular formula is C18H26BrCl2N3O2. The van der Waals surface area contributed by atoms with Crippen LogP contribution in [0, 0.1) is 5.92 Å². The molecule has 0 saturated heterocycles. The van der Waals surface area contributed by atoms with Crippen LogP contribution in [0.15, 0.2) is 39.4 Å². The molecule has 146 valence electrons. The maximum absolute atomic E-state index is 12.1. The fourth-order valence-corrected chi connectivity index (χ4v) is 2.99. The predicted molar refractivity (Wildman–Crippen MR) is 113 cm³/mol. The van der Waals surface area contributed by atoms with E-state index < -0.39 is 0 Å². The fraction of sp³-hybridized carbons (Fsp3) is 0.444. The van der Waals surface area contributed by atoms with Crippen molar-refractivity contribution in [2.24, 2.45) is 11.7 Å². The maximum Gasteiger partial charge on any atom is 0.220 e. The molecule has 0 aliphatic carbocycles. The zero-order valence-corrected chi connectivity index (χ0v) is 18.1. The summed E-state index contributed by atoms with van der Waals surface area (Å²) in [5.41, 5.74) is 6.65. The average Bonchev–Trinajstić information content (AvgIpc) is 3.01. The van der Waals surface area contributed by atoms with Crippen molar-refractivity contribution in [2.75, 3.05) is 6.54 Å². The molecule has 0 radical (unpaired) electrons. The lowest BCUT2D eigenvalue weighted by molar-refractivity contribution is -0.121. The molecule has 1 unspecified atom stereocenters. The molecule has 1 amide bonds. The van der Waals surface area contributed by atoms with E-state index in [0.29, 0.717) is 37.0 Å². The summed E-state index contributed by atoms with van der Waals surface area (Å²) in [6.07, 6.45) is 3.38. The van der Waals surface area contributed by atoms with Crippen molar-refractivity contribution in [3.05, 3.63) is 40.8 Å². The van der Waals surface area contributed by atoms with Gasteiger partial charge < -0.3 is 15.5 Å². The highest BCUT2D eigenvalue weighted by Gasteiger charge is 2.14. The highest BCUT2D eigenvalue weighted by Crippen LogP contribution is 2.28. The molecule has 2 rings (SSSR count). The monoisotopic (exact) mass is 465 g/mol. The lowest BCUT2D eigenvalue weighted by Crippen LogP contribution is -2.41. The van der Waals surface area contributed by atoms with Gasteiger partial charge in [0.05, 0.1) is 6.20 Å². The van der Waals surface area contributed by atoms with Crippen molar-refractivity contribution in [2.45, 2.75) is 39.2 Å². The second-order valence-corrected chi connectivity index (χ2v) is 7.08. The molecule has 0 saturated carbocycles. The van der Waals surface area contributed by atoms with Crippen molar-refractivity contribution in [3.8, 4) is 11.3 Å². The summed E-state index contributed by atoms with van der Waals surface area (Å²) in [5, 5.41) is 2.97. The molecule has 0 spiro atoms. The molecule has 2 aromatic rings. The average molecular weight is 467 g/mol. The topological polar surface area (TPSA) is 81.1 Å². The Balaban J connectivity index is 0.00000312. The molecule has 3 N–H and O–H groups in total. The molecular weight excluding hydrogens is 441 g/mol. The van der Waals surface area contributed by atoms with Crippen molar-refractivity contribution in [3.63, 3.8) is 0 Å². The van der Waals surface area contributed by atoms with Crippen LogP contribution in [0.5, 0.6) is 0 Å². The standard InChI is InChI=1S/C18H24BrN3O2.2ClH/c1-12(2)9-13(10-20)22-17(23)7-8-18-21-11-16(24-18)14-5-3-4-6-15(14)19;;/h3-6,11-13H,7-10,20H2,1-2H3,(H,22,23);2*1H. The van der Waals surface area contributed by atoms with Crippen LogP contribution in [0.25, 0.3) is 11.3 Å². The van der Waals surface area contributed by atoms with E-state index in [1.54, 1.807) is 6.20 Å². The van der Waals surface area contributed by atoms with Crippen LogP contribution >= 0.6 is 40.7 Å². The van der Waals surface area contributed by atoms with E-state index in [4.69, 9.17) is 10.2 Å². The van der Waals surface area contributed by atoms with E-state index in [1.807, 2.05) is 24.3 Å². The van der Waals surface area contributed by atoms with Crippen LogP contribution in [-0.2, 0) is 11.2 Å². The maximum atomic E-state index is 12.1. The molecule has 1 aromatic carbocycles. The molecule has 8 heteroatoms. The van der Waals surface area contributed by atoms with Gasteiger partial charge in [0.15, 0.2) is 11.7 Å². The Morgan fingerprint density at radius 1 is 1.31 bits per heavy atom. The van der Waals surface area contributed by atoms with Gasteiger partial charge in [-0.1, -0.05) is 48.0 Å². The number of aryl methyl sites for hydroxylation is 1. The van der Waals surface area contributed by atoms with Gasteiger partial charge >= 0.3 is 0 Å². The molecule has 1 atom stereocenters. The molecule has 1 heterocycles. The number of nitrogens with two attached hydrogens (primary N) is 1. The summed E-state index contributed by atoms with van der Waals surface area (Å²) in [6, 6.07) is 7.82. The van der Waals surface area contributed by atoms with E-state index >= 15 is 0 Å². The minimum Gasteiger partial charge on any atom is -0.441 e. The summed E-state index contributed by atoms with van der Waals surface area (Å²) in [4.78, 5) is 16.3. The van der Waals surface area contributed by atoms with Gasteiger partial charge in [-0.25, -0.2) is 4.98 Å². The number of nitrogens with zero attached hydrogens (tertiary/aromatic N) is 1. The minimum absolute atomic E-state index is 0. The Morgan fingerprint density at radius 3 is 2.62 bits per heavy atom. The molecule has 26 heavy (non-hydrogen) atoms. The number of amides is 1.